The molecule has 2 aromatic rings. The van der Waals surface area contributed by atoms with Crippen LogP contribution in [0, 0.1) is 9.39 Å². The van der Waals surface area contributed by atoms with Crippen LogP contribution in [0.15, 0.2) is 47.6 Å². The fraction of sp³-hybridized carbons (Fsp3) is 0.176. The summed E-state index contributed by atoms with van der Waals surface area (Å²) < 4.78 is 14.8. The molecule has 25 heavy (non-hydrogen) atoms. The lowest BCUT2D eigenvalue weighted by Gasteiger charge is -2.36. The third-order valence-corrected chi connectivity index (χ3v) is 5.16. The zero-order valence-corrected chi connectivity index (χ0v) is 15.9. The Kier molecular flexibility index (Phi) is 5.43. The van der Waals surface area contributed by atoms with Gasteiger partial charge in [-0.25, -0.2) is 4.39 Å². The van der Waals surface area contributed by atoms with E-state index in [9.17, 15) is 14.4 Å². The minimum Gasteiger partial charge on any atom is -0.409 e. The van der Waals surface area contributed by atoms with E-state index in [1.54, 1.807) is 40.1 Å². The number of hydrogen-bond acceptors (Lipinski definition) is 3. The molecular formula is C17H14ClFIN3O2. The Morgan fingerprint density at radius 1 is 1.20 bits per heavy atom. The number of amidine groups is 1. The summed E-state index contributed by atoms with van der Waals surface area (Å²) in [4.78, 5) is 15.7. The number of halogens is 3. The fourth-order valence-corrected chi connectivity index (χ4v) is 3.71. The van der Waals surface area contributed by atoms with E-state index < -0.39 is 5.82 Å². The van der Waals surface area contributed by atoms with Gasteiger partial charge >= 0.3 is 0 Å². The molecule has 0 aliphatic carbocycles. The third-order valence-electron chi connectivity index (χ3n) is 3.94. The van der Waals surface area contributed by atoms with E-state index >= 15 is 0 Å². The summed E-state index contributed by atoms with van der Waals surface area (Å²) in [6, 6.07) is 11.7. The number of amides is 1. The minimum absolute atomic E-state index is 0.0327. The van der Waals surface area contributed by atoms with Crippen molar-refractivity contribution in [1.29, 1.82) is 0 Å². The van der Waals surface area contributed by atoms with Gasteiger partial charge in [-0.15, -0.1) is 0 Å². The maximum Gasteiger partial charge on any atom is 0.246 e. The van der Waals surface area contributed by atoms with Gasteiger partial charge in [0.25, 0.3) is 0 Å². The zero-order valence-electron chi connectivity index (χ0n) is 13.0. The molecule has 0 spiro atoms. The van der Waals surface area contributed by atoms with Crippen molar-refractivity contribution in [3.8, 4) is 0 Å². The van der Waals surface area contributed by atoms with Crippen LogP contribution < -0.4 is 4.90 Å². The highest BCUT2D eigenvalue weighted by atomic mass is 127. The summed E-state index contributed by atoms with van der Waals surface area (Å²) in [5, 5.41) is 13.2. The predicted octanol–water partition coefficient (Wildman–Crippen LogP) is 3.57. The van der Waals surface area contributed by atoms with Crippen LogP contribution in [0.3, 0.4) is 0 Å². The van der Waals surface area contributed by atoms with Crippen molar-refractivity contribution < 1.29 is 14.4 Å². The summed E-state index contributed by atoms with van der Waals surface area (Å²) >= 11 is 8.14. The summed E-state index contributed by atoms with van der Waals surface area (Å²) in [5.74, 6) is -0.651. The first kappa shape index (κ1) is 17.9. The Balaban J connectivity index is 1.85. The van der Waals surface area contributed by atoms with Gasteiger partial charge in [0.2, 0.25) is 5.91 Å². The van der Waals surface area contributed by atoms with E-state index in [1.165, 1.54) is 6.07 Å². The molecular weight excluding hydrogens is 460 g/mol. The molecule has 0 unspecified atom stereocenters. The van der Waals surface area contributed by atoms with Crippen molar-refractivity contribution in [2.24, 2.45) is 5.16 Å². The second-order valence-electron chi connectivity index (χ2n) is 5.44. The van der Waals surface area contributed by atoms with Crippen molar-refractivity contribution in [2.75, 3.05) is 24.5 Å². The number of piperazine rings is 1. The molecule has 1 saturated heterocycles. The van der Waals surface area contributed by atoms with Gasteiger partial charge in [0.15, 0.2) is 5.84 Å². The van der Waals surface area contributed by atoms with Crippen molar-refractivity contribution in [1.82, 2.24) is 4.90 Å². The van der Waals surface area contributed by atoms with E-state index in [0.717, 1.165) is 0 Å². The van der Waals surface area contributed by atoms with Crippen molar-refractivity contribution in [2.45, 2.75) is 0 Å². The van der Waals surface area contributed by atoms with Crippen LogP contribution in [0.5, 0.6) is 0 Å². The van der Waals surface area contributed by atoms with Crippen molar-refractivity contribution >= 4 is 51.6 Å². The number of carbonyl (C=O) groups excluding carboxylic acids is 1. The van der Waals surface area contributed by atoms with Gasteiger partial charge < -0.3 is 15.0 Å². The number of para-hydroxylation sites is 1. The highest BCUT2D eigenvalue weighted by Gasteiger charge is 2.30. The van der Waals surface area contributed by atoms with Crippen LogP contribution in [-0.4, -0.2) is 41.5 Å². The van der Waals surface area contributed by atoms with Crippen LogP contribution in [0.1, 0.15) is 5.56 Å². The second-order valence-corrected chi connectivity index (χ2v) is 7.01. The van der Waals surface area contributed by atoms with Gasteiger partial charge in [0.05, 0.1) is 22.8 Å². The topological polar surface area (TPSA) is 56.1 Å². The summed E-state index contributed by atoms with van der Waals surface area (Å²) in [5.41, 5.74) is 0.821. The second kappa shape index (κ2) is 7.57. The van der Waals surface area contributed by atoms with Gasteiger partial charge in [-0.3, -0.25) is 4.79 Å². The van der Waals surface area contributed by atoms with Crippen molar-refractivity contribution in [3.63, 3.8) is 0 Å². The smallest absolute Gasteiger partial charge is 0.246 e. The SMILES string of the molecule is O=C1CN(C(=NO)c2c(F)cccc2I)CCN1c1ccccc1Cl. The lowest BCUT2D eigenvalue weighted by Crippen LogP contribution is -2.53. The summed E-state index contributed by atoms with van der Waals surface area (Å²) in [6.07, 6.45) is 0. The van der Waals surface area contributed by atoms with Gasteiger partial charge in [0.1, 0.15) is 5.82 Å². The Hall–Kier alpha value is -1.87. The van der Waals surface area contributed by atoms with Crippen LogP contribution in [-0.2, 0) is 4.79 Å². The lowest BCUT2D eigenvalue weighted by atomic mass is 10.1. The fourth-order valence-electron chi connectivity index (χ4n) is 2.76. The van der Waals surface area contributed by atoms with Crippen LogP contribution in [0.4, 0.5) is 10.1 Å². The number of oxime groups is 1. The standard InChI is InChI=1S/C17H14ClFIN3O2/c18-11-4-1-2-7-14(11)23-9-8-22(10-15(23)24)17(21-25)16-12(19)5-3-6-13(16)20/h1-7,25H,8-10H2. The van der Waals surface area contributed by atoms with Crippen LogP contribution in [0.2, 0.25) is 5.02 Å². The van der Waals surface area contributed by atoms with E-state index in [0.29, 0.717) is 27.4 Å². The molecule has 130 valence electrons. The molecule has 8 heteroatoms. The molecule has 1 aliphatic rings. The summed E-state index contributed by atoms with van der Waals surface area (Å²) in [6.45, 7) is 0.711. The highest BCUT2D eigenvalue weighted by Crippen LogP contribution is 2.27. The first-order valence-electron chi connectivity index (χ1n) is 7.49. The van der Waals surface area contributed by atoms with E-state index in [1.807, 2.05) is 28.7 Å². The molecule has 1 aliphatic heterocycles. The van der Waals surface area contributed by atoms with E-state index in [2.05, 4.69) is 5.16 Å². The number of carbonyl (C=O) groups is 1. The Labute approximate surface area is 162 Å². The van der Waals surface area contributed by atoms with E-state index in [-0.39, 0.29) is 23.9 Å². The molecule has 0 bridgehead atoms. The van der Waals surface area contributed by atoms with Gasteiger partial charge in [-0.2, -0.15) is 0 Å². The van der Waals surface area contributed by atoms with Gasteiger partial charge in [0, 0.05) is 16.7 Å². The minimum atomic E-state index is -0.499. The first-order valence-corrected chi connectivity index (χ1v) is 8.95. The maximum atomic E-state index is 14.2. The number of benzene rings is 2. The average molecular weight is 474 g/mol. The molecule has 1 fully saturated rings. The number of rotatable bonds is 2. The van der Waals surface area contributed by atoms with Crippen LogP contribution >= 0.6 is 34.2 Å². The molecule has 5 nitrogen and oxygen atoms in total. The molecule has 1 heterocycles. The Morgan fingerprint density at radius 2 is 1.96 bits per heavy atom. The molecule has 0 atom stereocenters. The number of nitrogens with zero attached hydrogens (tertiary/aromatic N) is 3. The number of hydrogen-bond donors (Lipinski definition) is 1. The molecule has 0 aromatic heterocycles. The zero-order chi connectivity index (χ0) is 18.0. The summed E-state index contributed by atoms with van der Waals surface area (Å²) in [7, 11) is 0. The van der Waals surface area contributed by atoms with Gasteiger partial charge in [-0.1, -0.05) is 35.0 Å². The normalized spacial score (nSPS) is 15.6. The third kappa shape index (κ3) is 3.57. The van der Waals surface area contributed by atoms with Crippen LogP contribution in [0.25, 0.3) is 0 Å². The lowest BCUT2D eigenvalue weighted by molar-refractivity contribution is -0.120. The monoisotopic (exact) mass is 473 g/mol. The van der Waals surface area contributed by atoms with E-state index in [4.69, 9.17) is 11.6 Å². The van der Waals surface area contributed by atoms with Crippen molar-refractivity contribution in [3.05, 3.63) is 62.4 Å². The predicted molar refractivity (Wildman–Crippen MR) is 103 cm³/mol. The quantitative estimate of drug-likeness (QED) is 0.239. The maximum absolute atomic E-state index is 14.2. The Bertz CT molecular complexity index is 826. The van der Waals surface area contributed by atoms with Gasteiger partial charge in [-0.05, 0) is 46.9 Å². The molecule has 0 saturated carbocycles. The molecule has 2 aromatic carbocycles. The average Bonchev–Trinajstić information content (AvgIpc) is 2.59. The first-order chi connectivity index (χ1) is 12.0. The Morgan fingerprint density at radius 3 is 2.60 bits per heavy atom. The number of anilines is 1. The largest absolute Gasteiger partial charge is 0.409 e. The molecule has 3 rings (SSSR count). The molecule has 1 N–H and O–H groups in total. The molecule has 1 amide bonds. The molecule has 0 radical (unpaired) electrons. The highest BCUT2D eigenvalue weighted by molar-refractivity contribution is 14.1.